The molecule has 1 heterocycles. The number of hydrogen-bond acceptors (Lipinski definition) is 4. The van der Waals surface area contributed by atoms with Crippen molar-refractivity contribution in [1.29, 1.82) is 5.26 Å². The molecule has 0 spiro atoms. The zero-order chi connectivity index (χ0) is 11.3. The normalized spacial score (nSPS) is 25.1. The van der Waals surface area contributed by atoms with Crippen LogP contribution in [-0.4, -0.2) is 43.3 Å². The topological polar surface area (TPSA) is 62.3 Å². The quantitative estimate of drug-likeness (QED) is 0.728. The molecule has 1 aliphatic rings. The lowest BCUT2D eigenvalue weighted by Gasteiger charge is -2.24. The van der Waals surface area contributed by atoms with Crippen molar-refractivity contribution in [3.63, 3.8) is 0 Å². The molecule has 1 fully saturated rings. The van der Waals surface area contributed by atoms with Crippen LogP contribution in [0.5, 0.6) is 0 Å². The highest BCUT2D eigenvalue weighted by Crippen LogP contribution is 2.13. The van der Waals surface area contributed by atoms with E-state index in [4.69, 9.17) is 15.7 Å². The fourth-order valence-corrected chi connectivity index (χ4v) is 1.80. The third-order valence-electron chi connectivity index (χ3n) is 2.99. The Labute approximate surface area is 92.0 Å². The van der Waals surface area contributed by atoms with Gasteiger partial charge in [0.1, 0.15) is 5.54 Å². The first-order chi connectivity index (χ1) is 7.05. The maximum atomic E-state index is 8.76. The van der Waals surface area contributed by atoms with Crippen LogP contribution in [0.1, 0.15) is 26.2 Å². The zero-order valence-corrected chi connectivity index (χ0v) is 9.70. The monoisotopic (exact) mass is 211 g/mol. The van der Waals surface area contributed by atoms with Gasteiger partial charge in [-0.25, -0.2) is 0 Å². The second kappa shape index (κ2) is 5.45. The van der Waals surface area contributed by atoms with Gasteiger partial charge in [-0.15, -0.1) is 0 Å². The van der Waals surface area contributed by atoms with E-state index in [9.17, 15) is 0 Å². The smallest absolute Gasteiger partial charge is 0.101 e. The fraction of sp³-hybridized carbons (Fsp3) is 0.909. The van der Waals surface area contributed by atoms with Crippen LogP contribution in [0, 0.1) is 11.3 Å². The van der Waals surface area contributed by atoms with Gasteiger partial charge in [0.2, 0.25) is 0 Å². The second-order valence-corrected chi connectivity index (χ2v) is 4.63. The van der Waals surface area contributed by atoms with Crippen molar-refractivity contribution in [2.24, 2.45) is 5.73 Å². The summed E-state index contributed by atoms with van der Waals surface area (Å²) < 4.78 is 5.33. The van der Waals surface area contributed by atoms with E-state index in [1.807, 2.05) is 0 Å². The molecule has 0 amide bonds. The summed E-state index contributed by atoms with van der Waals surface area (Å²) in [5.74, 6) is 0. The number of nitrogens with zero attached hydrogens (tertiary/aromatic N) is 2. The van der Waals surface area contributed by atoms with Gasteiger partial charge in [0, 0.05) is 12.6 Å². The molecule has 1 aliphatic heterocycles. The average Bonchev–Trinajstić information content (AvgIpc) is 2.70. The Morgan fingerprint density at radius 3 is 2.93 bits per heavy atom. The molecule has 1 rings (SSSR count). The minimum Gasteiger partial charge on any atom is -0.380 e. The van der Waals surface area contributed by atoms with E-state index < -0.39 is 5.54 Å². The SMILES string of the molecule is CN(CCCC(C)(N)C#N)C1CCOC1. The molecule has 0 aromatic rings. The highest BCUT2D eigenvalue weighted by molar-refractivity contribution is 5.00. The maximum Gasteiger partial charge on any atom is 0.101 e. The molecule has 2 N–H and O–H groups in total. The molecule has 2 atom stereocenters. The molecule has 0 aromatic heterocycles. The first-order valence-electron chi connectivity index (χ1n) is 5.53. The maximum absolute atomic E-state index is 8.76. The first-order valence-corrected chi connectivity index (χ1v) is 5.53. The van der Waals surface area contributed by atoms with Gasteiger partial charge in [-0.05, 0) is 39.8 Å². The molecule has 15 heavy (non-hydrogen) atoms. The Morgan fingerprint density at radius 1 is 1.67 bits per heavy atom. The summed E-state index contributed by atoms with van der Waals surface area (Å²) in [5.41, 5.74) is 5.08. The summed E-state index contributed by atoms with van der Waals surface area (Å²) >= 11 is 0. The third-order valence-corrected chi connectivity index (χ3v) is 2.99. The first kappa shape index (κ1) is 12.4. The minimum absolute atomic E-state index is 0.552. The Morgan fingerprint density at radius 2 is 2.40 bits per heavy atom. The van der Waals surface area contributed by atoms with E-state index >= 15 is 0 Å². The molecule has 4 heteroatoms. The summed E-state index contributed by atoms with van der Waals surface area (Å²) in [4.78, 5) is 2.31. The Bertz CT molecular complexity index is 228. The van der Waals surface area contributed by atoms with Crippen LogP contribution in [0.4, 0.5) is 0 Å². The highest BCUT2D eigenvalue weighted by atomic mass is 16.5. The van der Waals surface area contributed by atoms with Crippen molar-refractivity contribution in [3.8, 4) is 6.07 Å². The lowest BCUT2D eigenvalue weighted by Crippen LogP contribution is -2.37. The molecule has 2 unspecified atom stereocenters. The molecule has 0 bridgehead atoms. The molecular formula is C11H21N3O. The van der Waals surface area contributed by atoms with Crippen molar-refractivity contribution in [3.05, 3.63) is 0 Å². The Balaban J connectivity index is 2.17. The van der Waals surface area contributed by atoms with Gasteiger partial charge in [-0.2, -0.15) is 5.26 Å². The minimum atomic E-state index is -0.674. The second-order valence-electron chi connectivity index (χ2n) is 4.63. The van der Waals surface area contributed by atoms with E-state index in [1.54, 1.807) is 6.92 Å². The Kier molecular flexibility index (Phi) is 4.52. The van der Waals surface area contributed by atoms with Crippen LogP contribution in [0.15, 0.2) is 0 Å². The van der Waals surface area contributed by atoms with Crippen LogP contribution < -0.4 is 5.73 Å². The summed E-state index contributed by atoms with van der Waals surface area (Å²) in [5, 5.41) is 8.76. The standard InChI is InChI=1S/C11H21N3O/c1-11(13,9-12)5-3-6-14(2)10-4-7-15-8-10/h10H,3-8,13H2,1-2H3. The predicted molar refractivity (Wildman–Crippen MR) is 59.3 cm³/mol. The highest BCUT2D eigenvalue weighted by Gasteiger charge is 2.21. The molecule has 1 saturated heterocycles. The molecule has 0 saturated carbocycles. The van der Waals surface area contributed by atoms with Gasteiger partial charge in [0.05, 0.1) is 12.7 Å². The van der Waals surface area contributed by atoms with Gasteiger partial charge in [-0.3, -0.25) is 0 Å². The van der Waals surface area contributed by atoms with Crippen molar-refractivity contribution in [1.82, 2.24) is 4.90 Å². The lowest BCUT2D eigenvalue weighted by atomic mass is 9.99. The zero-order valence-electron chi connectivity index (χ0n) is 9.70. The summed E-state index contributed by atoms with van der Waals surface area (Å²) in [6.07, 6.45) is 2.84. The van der Waals surface area contributed by atoms with Crippen LogP contribution in [-0.2, 0) is 4.74 Å². The largest absolute Gasteiger partial charge is 0.380 e. The number of nitriles is 1. The van der Waals surface area contributed by atoms with Crippen LogP contribution in [0.25, 0.3) is 0 Å². The van der Waals surface area contributed by atoms with Gasteiger partial charge in [0.15, 0.2) is 0 Å². The van der Waals surface area contributed by atoms with Gasteiger partial charge >= 0.3 is 0 Å². The van der Waals surface area contributed by atoms with Gasteiger partial charge < -0.3 is 15.4 Å². The van der Waals surface area contributed by atoms with E-state index in [2.05, 4.69) is 18.0 Å². The van der Waals surface area contributed by atoms with Crippen LogP contribution in [0.2, 0.25) is 0 Å². The molecule has 0 aliphatic carbocycles. The summed E-state index contributed by atoms with van der Waals surface area (Å²) in [7, 11) is 2.11. The van der Waals surface area contributed by atoms with Crippen molar-refractivity contribution in [2.75, 3.05) is 26.8 Å². The molecule has 0 radical (unpaired) electrons. The average molecular weight is 211 g/mol. The number of rotatable bonds is 5. The number of nitrogens with two attached hydrogens (primary N) is 1. The van der Waals surface area contributed by atoms with Gasteiger partial charge in [0.25, 0.3) is 0 Å². The Hall–Kier alpha value is -0.630. The lowest BCUT2D eigenvalue weighted by molar-refractivity contribution is 0.157. The van der Waals surface area contributed by atoms with Crippen molar-refractivity contribution in [2.45, 2.75) is 37.8 Å². The van der Waals surface area contributed by atoms with Crippen molar-refractivity contribution >= 4 is 0 Å². The number of likely N-dealkylation sites (N-methyl/N-ethyl adjacent to an activating group) is 1. The summed E-state index contributed by atoms with van der Waals surface area (Å²) in [6.45, 7) is 4.49. The summed E-state index contributed by atoms with van der Waals surface area (Å²) in [6, 6.07) is 2.67. The van der Waals surface area contributed by atoms with Gasteiger partial charge in [-0.1, -0.05) is 0 Å². The van der Waals surface area contributed by atoms with E-state index in [0.29, 0.717) is 6.04 Å². The van der Waals surface area contributed by atoms with Crippen molar-refractivity contribution < 1.29 is 4.74 Å². The molecule has 86 valence electrons. The number of hydrogen-bond donors (Lipinski definition) is 1. The molecule has 0 aromatic carbocycles. The van der Waals surface area contributed by atoms with E-state index in [0.717, 1.165) is 39.0 Å². The number of ether oxygens (including phenoxy) is 1. The van der Waals surface area contributed by atoms with E-state index in [1.165, 1.54) is 0 Å². The molecule has 4 nitrogen and oxygen atoms in total. The van der Waals surface area contributed by atoms with E-state index in [-0.39, 0.29) is 0 Å². The molecular weight excluding hydrogens is 190 g/mol. The van der Waals surface area contributed by atoms with Crippen LogP contribution >= 0.6 is 0 Å². The fourth-order valence-electron chi connectivity index (χ4n) is 1.80. The van der Waals surface area contributed by atoms with Crippen LogP contribution in [0.3, 0.4) is 0 Å². The third kappa shape index (κ3) is 4.17. The predicted octanol–water partition coefficient (Wildman–Crippen LogP) is 0.728.